The number of H-pyrrole nitrogens is 1. The number of nitrogens with zero attached hydrogens (tertiary/aromatic N) is 5. The normalized spacial score (nSPS) is 14.3. The lowest BCUT2D eigenvalue weighted by atomic mass is 10.1. The summed E-state index contributed by atoms with van der Waals surface area (Å²) in [4.78, 5) is 18.7. The summed E-state index contributed by atoms with van der Waals surface area (Å²) in [5, 5.41) is 14.9. The quantitative estimate of drug-likeness (QED) is 0.749. The summed E-state index contributed by atoms with van der Waals surface area (Å²) < 4.78 is 1.71. The second kappa shape index (κ2) is 4.94. The fourth-order valence-corrected chi connectivity index (χ4v) is 2.71. The molecule has 8 heteroatoms. The topological polar surface area (TPSA) is 91.7 Å². The van der Waals surface area contributed by atoms with Gasteiger partial charge in [-0.2, -0.15) is 15.2 Å². The number of hydrogen-bond acceptors (Lipinski definition) is 5. The average molecular weight is 309 g/mol. The number of nitrogens with one attached hydrogen (secondary N) is 2. The van der Waals surface area contributed by atoms with E-state index < -0.39 is 0 Å². The standard InChI is InChI=1S/C15H15N7O/c1-9-12(7-22-15(21(9)2)16-8-18-22)14(23)19-11-3-4-13-10(5-11)6-17-20-13/h3-6,8H,7H2,1-2H3,(H,17,20)(H,19,23). The molecule has 0 fully saturated rings. The highest BCUT2D eigenvalue weighted by Crippen LogP contribution is 2.25. The van der Waals surface area contributed by atoms with Gasteiger partial charge in [0.25, 0.3) is 5.91 Å². The van der Waals surface area contributed by atoms with E-state index >= 15 is 0 Å². The maximum atomic E-state index is 12.6. The maximum absolute atomic E-state index is 12.6. The molecule has 0 spiro atoms. The van der Waals surface area contributed by atoms with Gasteiger partial charge in [-0.05, 0) is 25.1 Å². The molecule has 0 saturated heterocycles. The van der Waals surface area contributed by atoms with Crippen LogP contribution in [0.15, 0.2) is 42.0 Å². The van der Waals surface area contributed by atoms with Crippen molar-refractivity contribution in [1.29, 1.82) is 0 Å². The van der Waals surface area contributed by atoms with E-state index in [1.165, 1.54) is 6.33 Å². The third-order valence-electron chi connectivity index (χ3n) is 4.11. The van der Waals surface area contributed by atoms with Crippen molar-refractivity contribution in [3.05, 3.63) is 42.0 Å². The SMILES string of the molecule is CC1=C(C(=O)Nc2ccc3[nH]ncc3c2)Cn2ncnc2N1C. The summed E-state index contributed by atoms with van der Waals surface area (Å²) in [5.74, 6) is 0.595. The zero-order chi connectivity index (χ0) is 16.0. The van der Waals surface area contributed by atoms with Gasteiger partial charge >= 0.3 is 0 Å². The Hall–Kier alpha value is -3.16. The van der Waals surface area contributed by atoms with Crippen LogP contribution in [0.4, 0.5) is 11.6 Å². The lowest BCUT2D eigenvalue weighted by Gasteiger charge is -2.27. The molecule has 4 rings (SSSR count). The first-order chi connectivity index (χ1) is 11.1. The molecule has 3 heterocycles. The minimum absolute atomic E-state index is 0.140. The van der Waals surface area contributed by atoms with Gasteiger partial charge in [-0.3, -0.25) is 9.89 Å². The second-order valence-electron chi connectivity index (χ2n) is 5.47. The van der Waals surface area contributed by atoms with Crippen LogP contribution >= 0.6 is 0 Å². The molecule has 1 aromatic carbocycles. The summed E-state index contributed by atoms with van der Waals surface area (Å²) in [6, 6.07) is 5.63. The summed E-state index contributed by atoms with van der Waals surface area (Å²) in [5.41, 5.74) is 3.20. The van der Waals surface area contributed by atoms with Crippen molar-refractivity contribution in [1.82, 2.24) is 25.0 Å². The Morgan fingerprint density at radius 1 is 1.39 bits per heavy atom. The smallest absolute Gasteiger partial charge is 0.255 e. The number of amides is 1. The minimum atomic E-state index is -0.140. The molecule has 0 bridgehead atoms. The molecular formula is C15H15N7O. The van der Waals surface area contributed by atoms with Gasteiger partial charge in [0.2, 0.25) is 5.95 Å². The van der Waals surface area contributed by atoms with Crippen LogP contribution in [-0.4, -0.2) is 37.9 Å². The van der Waals surface area contributed by atoms with Crippen molar-refractivity contribution in [2.24, 2.45) is 0 Å². The van der Waals surface area contributed by atoms with E-state index in [0.29, 0.717) is 12.1 Å². The first-order valence-corrected chi connectivity index (χ1v) is 7.19. The number of rotatable bonds is 2. The molecule has 0 unspecified atom stereocenters. The first-order valence-electron chi connectivity index (χ1n) is 7.19. The molecule has 0 saturated carbocycles. The molecule has 3 aromatic rings. The Kier molecular flexibility index (Phi) is 2.90. The number of carbonyl (C=O) groups is 1. The number of benzene rings is 1. The molecule has 8 nitrogen and oxygen atoms in total. The lowest BCUT2D eigenvalue weighted by molar-refractivity contribution is -0.113. The molecule has 116 valence electrons. The van der Waals surface area contributed by atoms with Crippen LogP contribution in [0.1, 0.15) is 6.92 Å². The van der Waals surface area contributed by atoms with E-state index in [-0.39, 0.29) is 5.91 Å². The fraction of sp³-hybridized carbons (Fsp3) is 0.200. The van der Waals surface area contributed by atoms with Crippen LogP contribution in [0, 0.1) is 0 Å². The molecule has 2 N–H and O–H groups in total. The summed E-state index contributed by atoms with van der Waals surface area (Å²) in [6.45, 7) is 2.32. The van der Waals surface area contributed by atoms with Crippen LogP contribution in [0.25, 0.3) is 10.9 Å². The summed E-state index contributed by atoms with van der Waals surface area (Å²) in [7, 11) is 1.87. The van der Waals surface area contributed by atoms with E-state index in [1.807, 2.05) is 37.1 Å². The Morgan fingerprint density at radius 2 is 2.26 bits per heavy atom. The van der Waals surface area contributed by atoms with Crippen molar-refractivity contribution < 1.29 is 4.79 Å². The number of anilines is 2. The van der Waals surface area contributed by atoms with Gasteiger partial charge in [0.15, 0.2) is 0 Å². The average Bonchev–Trinajstić information content (AvgIpc) is 3.18. The van der Waals surface area contributed by atoms with E-state index in [1.54, 1.807) is 10.9 Å². The van der Waals surface area contributed by atoms with Gasteiger partial charge in [0.1, 0.15) is 6.33 Å². The van der Waals surface area contributed by atoms with E-state index in [0.717, 1.165) is 28.2 Å². The molecule has 23 heavy (non-hydrogen) atoms. The summed E-state index contributed by atoms with van der Waals surface area (Å²) >= 11 is 0. The third-order valence-corrected chi connectivity index (χ3v) is 4.11. The molecule has 1 aliphatic heterocycles. The fourth-order valence-electron chi connectivity index (χ4n) is 2.71. The molecule has 0 radical (unpaired) electrons. The molecule has 1 aliphatic rings. The monoisotopic (exact) mass is 309 g/mol. The Labute approximate surface area is 131 Å². The molecule has 0 atom stereocenters. The predicted octanol–water partition coefficient (Wildman–Crippen LogP) is 1.52. The van der Waals surface area contributed by atoms with Crippen molar-refractivity contribution in [3.8, 4) is 0 Å². The zero-order valence-electron chi connectivity index (χ0n) is 12.7. The van der Waals surface area contributed by atoms with Crippen molar-refractivity contribution in [2.75, 3.05) is 17.3 Å². The van der Waals surface area contributed by atoms with E-state index in [4.69, 9.17) is 0 Å². The molecule has 1 amide bonds. The van der Waals surface area contributed by atoms with E-state index in [9.17, 15) is 4.79 Å². The van der Waals surface area contributed by atoms with Gasteiger partial charge in [0.05, 0.1) is 23.8 Å². The van der Waals surface area contributed by atoms with Crippen molar-refractivity contribution in [3.63, 3.8) is 0 Å². The number of aromatic nitrogens is 5. The predicted molar refractivity (Wildman–Crippen MR) is 85.8 cm³/mol. The highest BCUT2D eigenvalue weighted by Gasteiger charge is 2.25. The zero-order valence-corrected chi connectivity index (χ0v) is 12.7. The largest absolute Gasteiger partial charge is 0.322 e. The maximum Gasteiger partial charge on any atom is 0.255 e. The van der Waals surface area contributed by atoms with Crippen LogP contribution in [0.3, 0.4) is 0 Å². The van der Waals surface area contributed by atoms with Crippen molar-refractivity contribution in [2.45, 2.75) is 13.5 Å². The van der Waals surface area contributed by atoms with Gasteiger partial charge in [-0.25, -0.2) is 4.68 Å². The summed E-state index contributed by atoms with van der Waals surface area (Å²) in [6.07, 6.45) is 3.22. The Morgan fingerprint density at radius 3 is 3.13 bits per heavy atom. The number of hydrogen-bond donors (Lipinski definition) is 2. The molecule has 2 aromatic heterocycles. The van der Waals surface area contributed by atoms with Crippen LogP contribution in [-0.2, 0) is 11.3 Å². The third kappa shape index (κ3) is 2.15. The van der Waals surface area contributed by atoms with E-state index in [2.05, 4.69) is 25.6 Å². The van der Waals surface area contributed by atoms with Crippen LogP contribution in [0.2, 0.25) is 0 Å². The highest BCUT2D eigenvalue weighted by atomic mass is 16.1. The Bertz CT molecular complexity index is 936. The van der Waals surface area contributed by atoms with Crippen molar-refractivity contribution >= 4 is 28.4 Å². The number of aromatic amines is 1. The number of fused-ring (bicyclic) bond motifs is 2. The highest BCUT2D eigenvalue weighted by molar-refractivity contribution is 6.05. The number of allylic oxidation sites excluding steroid dienone is 1. The molecule has 0 aliphatic carbocycles. The minimum Gasteiger partial charge on any atom is -0.322 e. The Balaban J connectivity index is 1.62. The second-order valence-corrected chi connectivity index (χ2v) is 5.47. The van der Waals surface area contributed by atoms with Crippen LogP contribution < -0.4 is 10.2 Å². The lowest BCUT2D eigenvalue weighted by Crippen LogP contribution is -2.32. The van der Waals surface area contributed by atoms with Gasteiger partial charge in [0, 0.05) is 23.8 Å². The molecular weight excluding hydrogens is 294 g/mol. The first kappa shape index (κ1) is 13.5. The van der Waals surface area contributed by atoms with Gasteiger partial charge in [-0.1, -0.05) is 0 Å². The van der Waals surface area contributed by atoms with Gasteiger partial charge in [-0.15, -0.1) is 0 Å². The number of carbonyl (C=O) groups excluding carboxylic acids is 1. The van der Waals surface area contributed by atoms with Gasteiger partial charge < -0.3 is 10.2 Å². The van der Waals surface area contributed by atoms with Crippen LogP contribution in [0.5, 0.6) is 0 Å².